The van der Waals surface area contributed by atoms with Crippen LogP contribution in [0.5, 0.6) is 0 Å². The molecular formula is C10H9NO3. The number of anilines is 1. The Balaban J connectivity index is 2.62. The van der Waals surface area contributed by atoms with Crippen LogP contribution in [0, 0.1) is 0 Å². The number of benzene rings is 1. The van der Waals surface area contributed by atoms with Crippen LogP contribution in [-0.2, 0) is 6.42 Å². The predicted octanol–water partition coefficient (Wildman–Crippen LogP) is 1.10. The second kappa shape index (κ2) is 2.83. The molecule has 3 N–H and O–H groups in total. The highest BCUT2D eigenvalue weighted by Crippen LogP contribution is 2.26. The van der Waals surface area contributed by atoms with Gasteiger partial charge in [-0.25, -0.2) is 4.79 Å². The molecule has 0 amide bonds. The monoisotopic (exact) mass is 191 g/mol. The highest BCUT2D eigenvalue weighted by molar-refractivity contribution is 6.04. The highest BCUT2D eigenvalue weighted by atomic mass is 16.4. The van der Waals surface area contributed by atoms with Crippen molar-refractivity contribution in [1.29, 1.82) is 0 Å². The van der Waals surface area contributed by atoms with Gasteiger partial charge in [-0.1, -0.05) is 0 Å². The van der Waals surface area contributed by atoms with Crippen LogP contribution in [-0.4, -0.2) is 16.9 Å². The quantitative estimate of drug-likeness (QED) is 0.651. The van der Waals surface area contributed by atoms with E-state index >= 15 is 0 Å². The lowest BCUT2D eigenvalue weighted by Crippen LogP contribution is -2.05. The summed E-state index contributed by atoms with van der Waals surface area (Å²) in [6, 6.07) is 2.96. The molecule has 0 radical (unpaired) electrons. The number of aryl methyl sites for hydroxylation is 1. The maximum atomic E-state index is 11.3. The summed E-state index contributed by atoms with van der Waals surface area (Å²) in [6.45, 7) is 0. The molecule has 0 heterocycles. The number of fused-ring (bicyclic) bond motifs is 1. The van der Waals surface area contributed by atoms with E-state index in [0.717, 1.165) is 5.56 Å². The summed E-state index contributed by atoms with van der Waals surface area (Å²) in [6.07, 6.45) is 1.12. The van der Waals surface area contributed by atoms with Crippen LogP contribution >= 0.6 is 0 Å². The zero-order valence-electron chi connectivity index (χ0n) is 7.41. The minimum absolute atomic E-state index is 0.00231. The maximum Gasteiger partial charge on any atom is 0.337 e. The number of hydrogen-bond acceptors (Lipinski definition) is 3. The Morgan fingerprint density at radius 1 is 1.36 bits per heavy atom. The van der Waals surface area contributed by atoms with E-state index in [-0.39, 0.29) is 17.0 Å². The van der Waals surface area contributed by atoms with Crippen LogP contribution in [0.4, 0.5) is 5.69 Å². The molecule has 0 atom stereocenters. The topological polar surface area (TPSA) is 80.4 Å². The Labute approximate surface area is 80.3 Å². The molecule has 0 fully saturated rings. The summed E-state index contributed by atoms with van der Waals surface area (Å²) in [7, 11) is 0. The second-order valence-corrected chi connectivity index (χ2v) is 3.32. The molecule has 2 rings (SSSR count). The smallest absolute Gasteiger partial charge is 0.337 e. The minimum atomic E-state index is -1.09. The van der Waals surface area contributed by atoms with E-state index < -0.39 is 5.97 Å². The molecule has 4 nitrogen and oxygen atoms in total. The molecule has 0 bridgehead atoms. The van der Waals surface area contributed by atoms with Crippen molar-refractivity contribution in [3.8, 4) is 0 Å². The number of carboxylic acid groups (broad SMARTS) is 1. The van der Waals surface area contributed by atoms with E-state index in [1.54, 1.807) is 6.07 Å². The summed E-state index contributed by atoms with van der Waals surface area (Å²) in [5, 5.41) is 8.79. The van der Waals surface area contributed by atoms with Gasteiger partial charge in [-0.05, 0) is 24.1 Å². The number of nitrogens with two attached hydrogens (primary N) is 1. The van der Waals surface area contributed by atoms with Gasteiger partial charge in [-0.15, -0.1) is 0 Å². The molecule has 72 valence electrons. The first-order valence-electron chi connectivity index (χ1n) is 4.28. The van der Waals surface area contributed by atoms with Crippen molar-refractivity contribution < 1.29 is 14.7 Å². The summed E-state index contributed by atoms with van der Waals surface area (Å²) >= 11 is 0. The van der Waals surface area contributed by atoms with Crippen molar-refractivity contribution in [2.24, 2.45) is 0 Å². The van der Waals surface area contributed by atoms with Crippen molar-refractivity contribution >= 4 is 17.4 Å². The van der Waals surface area contributed by atoms with E-state index in [9.17, 15) is 9.59 Å². The fourth-order valence-electron chi connectivity index (χ4n) is 1.70. The van der Waals surface area contributed by atoms with Crippen LogP contribution in [0.3, 0.4) is 0 Å². The van der Waals surface area contributed by atoms with Crippen LogP contribution in [0.1, 0.15) is 32.7 Å². The molecule has 0 saturated carbocycles. The van der Waals surface area contributed by atoms with Crippen LogP contribution < -0.4 is 5.73 Å². The molecular weight excluding hydrogens is 182 g/mol. The summed E-state index contributed by atoms with van der Waals surface area (Å²) < 4.78 is 0. The van der Waals surface area contributed by atoms with Crippen molar-refractivity contribution in [3.63, 3.8) is 0 Å². The Kier molecular flexibility index (Phi) is 1.77. The lowest BCUT2D eigenvalue weighted by molar-refractivity contribution is 0.0698. The molecule has 0 saturated heterocycles. The van der Waals surface area contributed by atoms with Gasteiger partial charge in [-0.3, -0.25) is 4.79 Å². The van der Waals surface area contributed by atoms with Gasteiger partial charge in [0.2, 0.25) is 0 Å². The normalized spacial score (nSPS) is 14.1. The van der Waals surface area contributed by atoms with Gasteiger partial charge in [-0.2, -0.15) is 0 Å². The first kappa shape index (κ1) is 8.74. The molecule has 1 aromatic carbocycles. The molecule has 14 heavy (non-hydrogen) atoms. The molecule has 4 heteroatoms. The van der Waals surface area contributed by atoms with E-state index in [1.165, 1.54) is 6.07 Å². The summed E-state index contributed by atoms with van der Waals surface area (Å²) in [4.78, 5) is 22.1. The van der Waals surface area contributed by atoms with Crippen molar-refractivity contribution in [3.05, 3.63) is 28.8 Å². The number of rotatable bonds is 1. The fraction of sp³-hybridized carbons (Fsp3) is 0.200. The van der Waals surface area contributed by atoms with E-state index in [0.29, 0.717) is 18.4 Å². The zero-order valence-corrected chi connectivity index (χ0v) is 7.41. The number of aromatic carboxylic acids is 1. The first-order chi connectivity index (χ1) is 6.59. The SMILES string of the molecule is Nc1cc2c(cc1C(=O)O)C(=O)CC2. The lowest BCUT2D eigenvalue weighted by Gasteiger charge is -2.03. The Morgan fingerprint density at radius 3 is 2.71 bits per heavy atom. The van der Waals surface area contributed by atoms with Gasteiger partial charge in [0.25, 0.3) is 0 Å². The third kappa shape index (κ3) is 1.16. The molecule has 1 aliphatic carbocycles. The fourth-order valence-corrected chi connectivity index (χ4v) is 1.70. The third-order valence-electron chi connectivity index (χ3n) is 2.43. The van der Waals surface area contributed by atoms with Gasteiger partial charge < -0.3 is 10.8 Å². The summed E-state index contributed by atoms with van der Waals surface area (Å²) in [5.74, 6) is -1.09. The molecule has 0 spiro atoms. The third-order valence-corrected chi connectivity index (χ3v) is 2.43. The number of nitrogen functional groups attached to an aromatic ring is 1. The van der Waals surface area contributed by atoms with Gasteiger partial charge in [0.05, 0.1) is 5.56 Å². The second-order valence-electron chi connectivity index (χ2n) is 3.32. The maximum absolute atomic E-state index is 11.3. The molecule has 0 unspecified atom stereocenters. The Morgan fingerprint density at radius 2 is 2.07 bits per heavy atom. The van der Waals surface area contributed by atoms with Crippen molar-refractivity contribution in [2.75, 3.05) is 5.73 Å². The zero-order chi connectivity index (χ0) is 10.3. The van der Waals surface area contributed by atoms with Crippen LogP contribution in [0.15, 0.2) is 12.1 Å². The molecule has 0 aliphatic heterocycles. The number of Topliss-reactive ketones (excluding diaryl/α,β-unsaturated/α-hetero) is 1. The number of carboxylic acids is 1. The van der Waals surface area contributed by atoms with Gasteiger partial charge in [0.15, 0.2) is 5.78 Å². The predicted molar refractivity (Wildman–Crippen MR) is 50.5 cm³/mol. The number of carbonyl (C=O) groups is 2. The van der Waals surface area contributed by atoms with Gasteiger partial charge in [0.1, 0.15) is 0 Å². The number of ketones is 1. The van der Waals surface area contributed by atoms with Crippen LogP contribution in [0.25, 0.3) is 0 Å². The first-order valence-corrected chi connectivity index (χ1v) is 4.28. The number of hydrogen-bond donors (Lipinski definition) is 2. The lowest BCUT2D eigenvalue weighted by atomic mass is 10.0. The number of carbonyl (C=O) groups excluding carboxylic acids is 1. The molecule has 0 aromatic heterocycles. The van der Waals surface area contributed by atoms with E-state index in [2.05, 4.69) is 0 Å². The Bertz CT molecular complexity index is 436. The van der Waals surface area contributed by atoms with Gasteiger partial charge in [0, 0.05) is 17.7 Å². The summed E-state index contributed by atoms with van der Waals surface area (Å²) in [5.41, 5.74) is 7.16. The average Bonchev–Trinajstić information content (AvgIpc) is 2.46. The van der Waals surface area contributed by atoms with Crippen molar-refractivity contribution in [2.45, 2.75) is 12.8 Å². The van der Waals surface area contributed by atoms with Crippen molar-refractivity contribution in [1.82, 2.24) is 0 Å². The largest absolute Gasteiger partial charge is 0.478 e. The molecule has 1 aromatic rings. The van der Waals surface area contributed by atoms with Gasteiger partial charge >= 0.3 is 5.97 Å². The van der Waals surface area contributed by atoms with E-state index in [1.807, 2.05) is 0 Å². The Hall–Kier alpha value is -1.84. The molecule has 1 aliphatic rings. The average molecular weight is 191 g/mol. The highest BCUT2D eigenvalue weighted by Gasteiger charge is 2.22. The standard InChI is InChI=1S/C10H9NO3/c11-8-3-5-1-2-9(12)6(5)4-7(8)10(13)14/h3-4H,1-2,11H2,(H,13,14). The van der Waals surface area contributed by atoms with E-state index in [4.69, 9.17) is 10.8 Å². The van der Waals surface area contributed by atoms with Crippen LogP contribution in [0.2, 0.25) is 0 Å². The minimum Gasteiger partial charge on any atom is -0.478 e.